The van der Waals surface area contributed by atoms with Crippen molar-refractivity contribution in [1.29, 1.82) is 0 Å². The molecule has 23 heavy (non-hydrogen) atoms. The highest BCUT2D eigenvalue weighted by Gasteiger charge is 2.14. The van der Waals surface area contributed by atoms with Crippen molar-refractivity contribution < 1.29 is 14.5 Å². The smallest absolute Gasteiger partial charge is 0.282 e. The number of nitrogens with one attached hydrogen (secondary N) is 1. The molecule has 8 heteroatoms. The lowest BCUT2D eigenvalue weighted by Gasteiger charge is -2.06. The van der Waals surface area contributed by atoms with Crippen LogP contribution in [0.3, 0.4) is 0 Å². The minimum absolute atomic E-state index is 0.0302. The molecular weight excluding hydrogens is 318 g/mol. The van der Waals surface area contributed by atoms with Gasteiger partial charge in [-0.1, -0.05) is 12.1 Å². The molecule has 0 bridgehead atoms. The van der Waals surface area contributed by atoms with Crippen molar-refractivity contribution in [3.8, 4) is 0 Å². The van der Waals surface area contributed by atoms with Crippen molar-refractivity contribution in [3.05, 3.63) is 64.2 Å². The fraction of sp³-hybridized carbons (Fsp3) is 0.0667. The molecule has 118 valence electrons. The summed E-state index contributed by atoms with van der Waals surface area (Å²) in [5, 5.41) is 13.5. The van der Waals surface area contributed by atoms with Crippen LogP contribution >= 0.6 is 11.8 Å². The quantitative estimate of drug-likeness (QED) is 0.479. The van der Waals surface area contributed by atoms with E-state index in [9.17, 15) is 19.7 Å². The highest BCUT2D eigenvalue weighted by atomic mass is 32.2. The van der Waals surface area contributed by atoms with Crippen LogP contribution in [-0.2, 0) is 4.79 Å². The average molecular weight is 331 g/mol. The largest absolute Gasteiger partial charge is 0.366 e. The van der Waals surface area contributed by atoms with E-state index in [2.05, 4.69) is 5.32 Å². The molecule has 3 N–H and O–H groups in total. The molecule has 0 fully saturated rings. The van der Waals surface area contributed by atoms with Gasteiger partial charge in [-0.3, -0.25) is 19.7 Å². The average Bonchev–Trinajstić information content (AvgIpc) is 2.53. The van der Waals surface area contributed by atoms with Gasteiger partial charge in [0.15, 0.2) is 0 Å². The van der Waals surface area contributed by atoms with E-state index in [0.29, 0.717) is 16.1 Å². The van der Waals surface area contributed by atoms with E-state index in [-0.39, 0.29) is 17.3 Å². The molecule has 0 unspecified atom stereocenters. The van der Waals surface area contributed by atoms with E-state index >= 15 is 0 Å². The van der Waals surface area contributed by atoms with Crippen molar-refractivity contribution in [2.75, 3.05) is 11.1 Å². The Hall–Kier alpha value is -2.87. The van der Waals surface area contributed by atoms with Crippen molar-refractivity contribution in [1.82, 2.24) is 0 Å². The summed E-state index contributed by atoms with van der Waals surface area (Å²) in [5.74, 6) is -0.822. The third-order valence-corrected chi connectivity index (χ3v) is 3.94. The minimum atomic E-state index is -0.546. The monoisotopic (exact) mass is 331 g/mol. The zero-order valence-corrected chi connectivity index (χ0v) is 12.7. The number of hydrogen-bond acceptors (Lipinski definition) is 5. The predicted octanol–water partition coefficient (Wildman–Crippen LogP) is 2.42. The number of amides is 2. The van der Waals surface area contributed by atoms with E-state index in [4.69, 9.17) is 5.73 Å². The molecule has 0 radical (unpaired) electrons. The Morgan fingerprint density at radius 3 is 2.39 bits per heavy atom. The Bertz CT molecular complexity index is 747. The predicted molar refractivity (Wildman–Crippen MR) is 87.4 cm³/mol. The topological polar surface area (TPSA) is 115 Å². The molecule has 0 heterocycles. The maximum atomic E-state index is 11.9. The van der Waals surface area contributed by atoms with Crippen molar-refractivity contribution in [3.63, 3.8) is 0 Å². The molecule has 2 aromatic carbocycles. The molecule has 0 aliphatic rings. The number of nitrogens with two attached hydrogens (primary N) is 1. The van der Waals surface area contributed by atoms with E-state index in [0.717, 1.165) is 11.8 Å². The summed E-state index contributed by atoms with van der Waals surface area (Å²) in [4.78, 5) is 33.7. The molecule has 2 amide bonds. The Morgan fingerprint density at radius 2 is 1.78 bits per heavy atom. The summed E-state index contributed by atoms with van der Waals surface area (Å²) in [6.07, 6.45) is 0. The maximum absolute atomic E-state index is 11.9. The molecule has 0 saturated carbocycles. The third kappa shape index (κ3) is 4.55. The van der Waals surface area contributed by atoms with Gasteiger partial charge in [-0.2, -0.15) is 0 Å². The Kier molecular flexibility index (Phi) is 5.32. The van der Waals surface area contributed by atoms with Gasteiger partial charge in [0, 0.05) is 17.3 Å². The molecule has 2 aromatic rings. The van der Waals surface area contributed by atoms with E-state index in [1.807, 2.05) is 0 Å². The second kappa shape index (κ2) is 7.41. The highest BCUT2D eigenvalue weighted by Crippen LogP contribution is 2.28. The zero-order valence-electron chi connectivity index (χ0n) is 11.9. The molecule has 0 atom stereocenters. The molecular formula is C15H13N3O4S. The first-order valence-electron chi connectivity index (χ1n) is 6.53. The minimum Gasteiger partial charge on any atom is -0.366 e. The maximum Gasteiger partial charge on any atom is 0.282 e. The van der Waals surface area contributed by atoms with Gasteiger partial charge in [0.2, 0.25) is 11.8 Å². The summed E-state index contributed by atoms with van der Waals surface area (Å²) in [6, 6.07) is 12.4. The number of nitro benzene ring substituents is 1. The SMILES string of the molecule is NC(=O)c1ccc(NC(=O)CSc2ccccc2[N+](=O)[O-])cc1. The summed E-state index contributed by atoms with van der Waals surface area (Å²) in [7, 11) is 0. The number of rotatable bonds is 6. The second-order valence-corrected chi connectivity index (χ2v) is 5.52. The van der Waals surface area contributed by atoms with Gasteiger partial charge in [0.25, 0.3) is 5.69 Å². The Morgan fingerprint density at radius 1 is 1.13 bits per heavy atom. The number of carbonyl (C=O) groups is 2. The molecule has 0 aliphatic carbocycles. The molecule has 7 nitrogen and oxygen atoms in total. The summed E-state index contributed by atoms with van der Waals surface area (Å²) in [5.41, 5.74) is 5.96. The second-order valence-electron chi connectivity index (χ2n) is 4.50. The first-order chi connectivity index (χ1) is 11.0. The lowest BCUT2D eigenvalue weighted by atomic mass is 10.2. The fourth-order valence-electron chi connectivity index (χ4n) is 1.79. The highest BCUT2D eigenvalue weighted by molar-refractivity contribution is 8.00. The van der Waals surface area contributed by atoms with Gasteiger partial charge in [-0.25, -0.2) is 0 Å². The molecule has 0 aromatic heterocycles. The van der Waals surface area contributed by atoms with Gasteiger partial charge in [-0.05, 0) is 30.3 Å². The molecule has 0 saturated heterocycles. The number of carbonyl (C=O) groups excluding carboxylic acids is 2. The van der Waals surface area contributed by atoms with E-state index in [1.165, 1.54) is 18.2 Å². The first-order valence-corrected chi connectivity index (χ1v) is 7.52. The van der Waals surface area contributed by atoms with Gasteiger partial charge in [0.05, 0.1) is 15.6 Å². The lowest BCUT2D eigenvalue weighted by Crippen LogP contribution is -2.15. The third-order valence-electron chi connectivity index (χ3n) is 2.87. The number of para-hydroxylation sites is 1. The number of anilines is 1. The van der Waals surface area contributed by atoms with Crippen molar-refractivity contribution >= 4 is 35.0 Å². The van der Waals surface area contributed by atoms with Gasteiger partial charge in [0.1, 0.15) is 0 Å². The van der Waals surface area contributed by atoms with E-state index in [1.54, 1.807) is 30.3 Å². The van der Waals surface area contributed by atoms with Gasteiger partial charge >= 0.3 is 0 Å². The van der Waals surface area contributed by atoms with Crippen LogP contribution in [-0.4, -0.2) is 22.5 Å². The van der Waals surface area contributed by atoms with E-state index < -0.39 is 10.8 Å². The number of primary amides is 1. The number of nitrogens with zero attached hydrogens (tertiary/aromatic N) is 1. The van der Waals surface area contributed by atoms with Crippen molar-refractivity contribution in [2.45, 2.75) is 4.90 Å². The van der Waals surface area contributed by atoms with Crippen LogP contribution in [0.25, 0.3) is 0 Å². The van der Waals surface area contributed by atoms with Gasteiger partial charge < -0.3 is 11.1 Å². The fourth-order valence-corrected chi connectivity index (χ4v) is 2.61. The summed E-state index contributed by atoms with van der Waals surface area (Å²) < 4.78 is 0. The van der Waals surface area contributed by atoms with Crippen LogP contribution in [0.5, 0.6) is 0 Å². The molecule has 0 aliphatic heterocycles. The van der Waals surface area contributed by atoms with Crippen LogP contribution in [0.1, 0.15) is 10.4 Å². The number of benzene rings is 2. The number of hydrogen-bond donors (Lipinski definition) is 2. The summed E-state index contributed by atoms with van der Waals surface area (Å²) in [6.45, 7) is 0. The van der Waals surface area contributed by atoms with Gasteiger partial charge in [-0.15, -0.1) is 11.8 Å². The molecule has 2 rings (SSSR count). The number of nitro groups is 1. The summed E-state index contributed by atoms with van der Waals surface area (Å²) >= 11 is 1.08. The number of thioether (sulfide) groups is 1. The van der Waals surface area contributed by atoms with Crippen LogP contribution in [0.15, 0.2) is 53.4 Å². The van der Waals surface area contributed by atoms with Crippen LogP contribution in [0.2, 0.25) is 0 Å². The standard InChI is InChI=1S/C15H13N3O4S/c16-15(20)10-5-7-11(8-6-10)17-14(19)9-23-13-4-2-1-3-12(13)18(21)22/h1-8H,9H2,(H2,16,20)(H,17,19). The lowest BCUT2D eigenvalue weighted by molar-refractivity contribution is -0.387. The first kappa shape index (κ1) is 16.5. The van der Waals surface area contributed by atoms with Crippen LogP contribution in [0.4, 0.5) is 11.4 Å². The van der Waals surface area contributed by atoms with Crippen LogP contribution in [0, 0.1) is 10.1 Å². The molecule has 0 spiro atoms. The van der Waals surface area contributed by atoms with Crippen molar-refractivity contribution in [2.24, 2.45) is 5.73 Å². The normalized spacial score (nSPS) is 10.1. The Balaban J connectivity index is 1.95. The Labute approximate surface area is 136 Å². The zero-order chi connectivity index (χ0) is 16.8. The van der Waals surface area contributed by atoms with Crippen LogP contribution < -0.4 is 11.1 Å².